The average Bonchev–Trinajstić information content (AvgIpc) is 2.81. The van der Waals surface area contributed by atoms with Gasteiger partial charge in [-0.05, 0) is 23.6 Å². The number of methoxy groups -OCH3 is 1. The summed E-state index contributed by atoms with van der Waals surface area (Å²) in [5.74, 6) is 1.32. The first-order chi connectivity index (χ1) is 14.7. The molecule has 2 aromatic carbocycles. The molecule has 3 aliphatic rings. The second-order valence-corrected chi connectivity index (χ2v) is 9.09. The molecular formula is C27H31N2O+. The number of fused-ring (bicyclic) bond motifs is 4. The Bertz CT molecular complexity index is 1030. The zero-order valence-electron chi connectivity index (χ0n) is 17.8. The molecule has 6 rings (SSSR count). The highest BCUT2D eigenvalue weighted by molar-refractivity contribution is 5.82. The molecular weight excluding hydrogens is 368 g/mol. The number of hydrogen-bond donors (Lipinski definition) is 0. The van der Waals surface area contributed by atoms with Crippen LogP contribution < -0.4 is 0 Å². The number of ether oxygens (including phenoxy) is 1. The van der Waals surface area contributed by atoms with Gasteiger partial charge in [0.2, 0.25) is 0 Å². The first-order valence-corrected chi connectivity index (χ1v) is 11.1. The van der Waals surface area contributed by atoms with Gasteiger partial charge in [-0.3, -0.25) is 4.98 Å². The Hall–Kier alpha value is -2.49. The Kier molecular flexibility index (Phi) is 5.18. The molecule has 0 N–H and O–H groups in total. The van der Waals surface area contributed by atoms with E-state index in [0.29, 0.717) is 17.9 Å². The molecule has 3 heteroatoms. The number of rotatable bonds is 6. The van der Waals surface area contributed by atoms with E-state index in [1.165, 1.54) is 35.9 Å². The smallest absolute Gasteiger partial charge is 0.135 e. The van der Waals surface area contributed by atoms with Crippen molar-refractivity contribution in [1.82, 2.24) is 4.98 Å². The van der Waals surface area contributed by atoms with Crippen molar-refractivity contribution >= 4 is 10.9 Å². The van der Waals surface area contributed by atoms with Gasteiger partial charge in [-0.15, -0.1) is 6.58 Å². The highest BCUT2D eigenvalue weighted by Gasteiger charge is 2.54. The molecule has 0 unspecified atom stereocenters. The van der Waals surface area contributed by atoms with Crippen LogP contribution in [0, 0.1) is 11.8 Å². The number of benzene rings is 2. The Balaban J connectivity index is 1.58. The zero-order valence-corrected chi connectivity index (χ0v) is 17.8. The van der Waals surface area contributed by atoms with Crippen LogP contribution in [-0.4, -0.2) is 35.7 Å². The van der Waals surface area contributed by atoms with Gasteiger partial charge in [0.15, 0.2) is 0 Å². The minimum absolute atomic E-state index is 0.0650. The van der Waals surface area contributed by atoms with Gasteiger partial charge in [0.05, 0.1) is 18.6 Å². The van der Waals surface area contributed by atoms with Gasteiger partial charge < -0.3 is 9.22 Å². The van der Waals surface area contributed by atoms with Crippen LogP contribution in [0.3, 0.4) is 0 Å². The molecule has 3 fully saturated rings. The van der Waals surface area contributed by atoms with Crippen molar-refractivity contribution < 1.29 is 9.22 Å². The number of pyridine rings is 1. The van der Waals surface area contributed by atoms with Crippen LogP contribution in [0.5, 0.6) is 0 Å². The monoisotopic (exact) mass is 399 g/mol. The van der Waals surface area contributed by atoms with E-state index in [1.54, 1.807) is 0 Å². The Morgan fingerprint density at radius 2 is 1.93 bits per heavy atom. The van der Waals surface area contributed by atoms with E-state index < -0.39 is 0 Å². The molecule has 0 aliphatic carbocycles. The van der Waals surface area contributed by atoms with E-state index in [0.717, 1.165) is 23.1 Å². The maximum Gasteiger partial charge on any atom is 0.135 e. The lowest BCUT2D eigenvalue weighted by Gasteiger charge is -2.58. The third-order valence-electron chi connectivity index (χ3n) is 7.61. The Labute approximate surface area is 179 Å². The minimum atomic E-state index is 0.0650. The fraction of sp³-hybridized carbons (Fsp3) is 0.370. The quantitative estimate of drug-likeness (QED) is 0.401. The molecule has 1 aromatic heterocycles. The summed E-state index contributed by atoms with van der Waals surface area (Å²) in [4.78, 5) is 4.59. The molecule has 30 heavy (non-hydrogen) atoms. The predicted octanol–water partition coefficient (Wildman–Crippen LogP) is 5.53. The predicted molar refractivity (Wildman–Crippen MR) is 122 cm³/mol. The van der Waals surface area contributed by atoms with Crippen molar-refractivity contribution in [3.05, 3.63) is 90.6 Å². The Morgan fingerprint density at radius 1 is 1.13 bits per heavy atom. The maximum atomic E-state index is 6.30. The van der Waals surface area contributed by atoms with Crippen LogP contribution in [-0.2, 0) is 11.3 Å². The summed E-state index contributed by atoms with van der Waals surface area (Å²) < 4.78 is 7.39. The first-order valence-electron chi connectivity index (χ1n) is 11.1. The molecule has 0 radical (unpaired) electrons. The minimum Gasteiger partial charge on any atom is -0.370 e. The van der Waals surface area contributed by atoms with Crippen molar-refractivity contribution in [2.75, 3.05) is 20.2 Å². The van der Waals surface area contributed by atoms with Crippen molar-refractivity contribution in [3.8, 4) is 0 Å². The normalized spacial score (nSPS) is 29.0. The molecule has 2 bridgehead atoms. The van der Waals surface area contributed by atoms with Gasteiger partial charge in [-0.1, -0.05) is 54.6 Å². The fourth-order valence-electron chi connectivity index (χ4n) is 6.17. The SMILES string of the molecule is C=C[C@@H]1C[N@+]2(Cc3ccccc3)CC[C@H]1C[C@@H]2[C@@H](OC)c1ccnc2ccccc12. The van der Waals surface area contributed by atoms with Gasteiger partial charge in [0, 0.05) is 43.0 Å². The van der Waals surface area contributed by atoms with Crippen LogP contribution in [0.25, 0.3) is 10.9 Å². The summed E-state index contributed by atoms with van der Waals surface area (Å²) in [6.07, 6.45) is 6.69. The summed E-state index contributed by atoms with van der Waals surface area (Å²) in [7, 11) is 1.88. The third kappa shape index (κ3) is 3.27. The highest BCUT2D eigenvalue weighted by atomic mass is 16.5. The molecule has 3 aromatic rings. The molecule has 0 spiro atoms. The molecule has 4 heterocycles. The van der Waals surface area contributed by atoms with Gasteiger partial charge in [-0.2, -0.15) is 0 Å². The maximum absolute atomic E-state index is 6.30. The van der Waals surface area contributed by atoms with Gasteiger partial charge in [0.25, 0.3) is 0 Å². The molecule has 0 amide bonds. The first kappa shape index (κ1) is 19.5. The van der Waals surface area contributed by atoms with Gasteiger partial charge in [0.1, 0.15) is 18.7 Å². The topological polar surface area (TPSA) is 22.1 Å². The van der Waals surface area contributed by atoms with Crippen LogP contribution in [0.2, 0.25) is 0 Å². The highest BCUT2D eigenvalue weighted by Crippen LogP contribution is 2.48. The van der Waals surface area contributed by atoms with E-state index in [4.69, 9.17) is 4.74 Å². The van der Waals surface area contributed by atoms with Gasteiger partial charge in [-0.25, -0.2) is 0 Å². The standard InChI is InChI=1S/C27H31N2O/c1-3-21-19-29(18-20-9-5-4-6-10-20)16-14-22(21)17-26(29)27(30-2)24-13-15-28-25-12-8-7-11-23(24)25/h3-13,15,21-22,26-27H,1,14,16-19H2,2H3/q+1/t21-,22+,26-,27+,29-/m1/s1. The second-order valence-electron chi connectivity index (χ2n) is 9.09. The molecule has 0 saturated carbocycles. The molecule has 5 atom stereocenters. The average molecular weight is 400 g/mol. The summed E-state index contributed by atoms with van der Waals surface area (Å²) in [5, 5.41) is 1.22. The molecule has 3 saturated heterocycles. The number of hydrogen-bond acceptors (Lipinski definition) is 2. The van der Waals surface area contributed by atoms with Crippen LogP contribution in [0.1, 0.15) is 30.1 Å². The summed E-state index contributed by atoms with van der Waals surface area (Å²) >= 11 is 0. The number of nitrogens with zero attached hydrogens (tertiary/aromatic N) is 2. The van der Waals surface area contributed by atoms with Crippen molar-refractivity contribution in [2.24, 2.45) is 11.8 Å². The van der Waals surface area contributed by atoms with Crippen molar-refractivity contribution in [1.29, 1.82) is 0 Å². The van der Waals surface area contributed by atoms with Crippen molar-refractivity contribution in [3.63, 3.8) is 0 Å². The zero-order chi connectivity index (χ0) is 20.6. The lowest BCUT2D eigenvalue weighted by atomic mass is 9.71. The number of aromatic nitrogens is 1. The summed E-state index contributed by atoms with van der Waals surface area (Å²) in [6.45, 7) is 7.62. The van der Waals surface area contributed by atoms with Crippen molar-refractivity contribution in [2.45, 2.75) is 31.5 Å². The van der Waals surface area contributed by atoms with Crippen LogP contribution in [0.15, 0.2) is 79.5 Å². The van der Waals surface area contributed by atoms with E-state index >= 15 is 0 Å². The molecule has 3 nitrogen and oxygen atoms in total. The summed E-state index contributed by atoms with van der Waals surface area (Å²) in [6, 6.07) is 22.0. The number of quaternary nitrogens is 1. The fourth-order valence-corrected chi connectivity index (χ4v) is 6.17. The van der Waals surface area contributed by atoms with Crippen LogP contribution >= 0.6 is 0 Å². The van der Waals surface area contributed by atoms with E-state index in [9.17, 15) is 0 Å². The number of para-hydroxylation sites is 1. The summed E-state index contributed by atoms with van der Waals surface area (Å²) in [5.41, 5.74) is 3.74. The third-order valence-corrected chi connectivity index (χ3v) is 7.61. The van der Waals surface area contributed by atoms with Gasteiger partial charge >= 0.3 is 0 Å². The molecule has 3 aliphatic heterocycles. The Morgan fingerprint density at radius 3 is 2.73 bits per heavy atom. The number of piperidine rings is 3. The van der Waals surface area contributed by atoms with E-state index in [2.05, 4.69) is 78.3 Å². The van der Waals surface area contributed by atoms with E-state index in [1.807, 2.05) is 13.3 Å². The lowest BCUT2D eigenvalue weighted by Crippen LogP contribution is -2.67. The second kappa shape index (κ2) is 7.98. The van der Waals surface area contributed by atoms with E-state index in [-0.39, 0.29) is 6.10 Å². The largest absolute Gasteiger partial charge is 0.370 e. The van der Waals surface area contributed by atoms with Crippen LogP contribution in [0.4, 0.5) is 0 Å². The lowest BCUT2D eigenvalue weighted by molar-refractivity contribution is -0.985. The molecule has 154 valence electrons.